The van der Waals surface area contributed by atoms with Crippen LogP contribution in [0.2, 0.25) is 0 Å². The van der Waals surface area contributed by atoms with Gasteiger partial charge in [0.1, 0.15) is 28.2 Å². The molecule has 0 atom stereocenters. The van der Waals surface area contributed by atoms with E-state index in [0.717, 1.165) is 22.2 Å². The molecule has 0 saturated heterocycles. The van der Waals surface area contributed by atoms with Crippen LogP contribution in [0.4, 0.5) is 0 Å². The minimum atomic E-state index is -0.0613. The third kappa shape index (κ3) is 1.89. The van der Waals surface area contributed by atoms with E-state index in [4.69, 9.17) is 0 Å². The van der Waals surface area contributed by atoms with E-state index in [9.17, 15) is 10.2 Å². The van der Waals surface area contributed by atoms with Gasteiger partial charge < -0.3 is 10.2 Å². The van der Waals surface area contributed by atoms with Crippen LogP contribution < -0.4 is 0 Å². The zero-order valence-electron chi connectivity index (χ0n) is 10.6. The summed E-state index contributed by atoms with van der Waals surface area (Å²) in [4.78, 5) is 1.37. The van der Waals surface area contributed by atoms with E-state index in [1.165, 1.54) is 16.9 Å². The summed E-state index contributed by atoms with van der Waals surface area (Å²) < 4.78 is 0. The Hall–Kier alpha value is -2.56. The summed E-state index contributed by atoms with van der Waals surface area (Å²) in [7, 11) is 0. The quantitative estimate of drug-likeness (QED) is 0.700. The lowest BCUT2D eigenvalue weighted by Gasteiger charge is -2.02. The van der Waals surface area contributed by atoms with Crippen LogP contribution in [0, 0.1) is 13.8 Å². The van der Waals surface area contributed by atoms with Crippen molar-refractivity contribution in [2.75, 3.05) is 0 Å². The normalized spacial score (nSPS) is 11.1. The average Bonchev–Trinajstić information content (AvgIpc) is 2.72. The van der Waals surface area contributed by atoms with Gasteiger partial charge in [-0.05, 0) is 49.2 Å². The average molecular weight is 255 g/mol. The molecule has 3 aromatic rings. The Morgan fingerprint density at radius 1 is 0.895 bits per heavy atom. The minimum absolute atomic E-state index is 0.00431. The van der Waals surface area contributed by atoms with Crippen molar-refractivity contribution in [2.24, 2.45) is 0 Å². The predicted octanol–water partition coefficient (Wildman–Crippen LogP) is 2.45. The number of aromatic nitrogens is 3. The molecule has 1 heterocycles. The molecular formula is C14H13N3O2. The monoisotopic (exact) mass is 255 g/mol. The summed E-state index contributed by atoms with van der Waals surface area (Å²) in [6.07, 6.45) is 0. The first-order chi connectivity index (χ1) is 9.04. The van der Waals surface area contributed by atoms with Crippen molar-refractivity contribution in [3.8, 4) is 17.2 Å². The van der Waals surface area contributed by atoms with E-state index in [0.29, 0.717) is 5.69 Å². The Balaban J connectivity index is 2.20. The van der Waals surface area contributed by atoms with Gasteiger partial charge in [0.05, 0.1) is 0 Å². The lowest BCUT2D eigenvalue weighted by Crippen LogP contribution is -1.98. The van der Waals surface area contributed by atoms with E-state index in [2.05, 4.69) is 10.2 Å². The molecule has 2 aromatic carbocycles. The van der Waals surface area contributed by atoms with Crippen molar-refractivity contribution in [2.45, 2.75) is 13.8 Å². The van der Waals surface area contributed by atoms with Gasteiger partial charge in [-0.15, -0.1) is 15.0 Å². The molecule has 5 heteroatoms. The maximum Gasteiger partial charge on any atom is 0.146 e. The molecule has 0 amide bonds. The summed E-state index contributed by atoms with van der Waals surface area (Å²) in [5.41, 5.74) is 4.28. The van der Waals surface area contributed by atoms with Crippen LogP contribution in [-0.2, 0) is 0 Å². The Labute approximate surface area is 109 Å². The van der Waals surface area contributed by atoms with Gasteiger partial charge in [0.25, 0.3) is 0 Å². The first-order valence-corrected chi connectivity index (χ1v) is 5.91. The highest BCUT2D eigenvalue weighted by Crippen LogP contribution is 2.26. The van der Waals surface area contributed by atoms with Gasteiger partial charge in [-0.25, -0.2) is 0 Å². The summed E-state index contributed by atoms with van der Waals surface area (Å²) in [6.45, 7) is 4.04. The van der Waals surface area contributed by atoms with Crippen LogP contribution in [0.15, 0.2) is 30.3 Å². The van der Waals surface area contributed by atoms with Crippen molar-refractivity contribution in [3.05, 3.63) is 41.5 Å². The molecule has 0 bridgehead atoms. The SMILES string of the molecule is Cc1cc2nn(-c3ccc(O)cc3O)nc2cc1C. The largest absolute Gasteiger partial charge is 0.508 e. The lowest BCUT2D eigenvalue weighted by atomic mass is 10.1. The van der Waals surface area contributed by atoms with Crippen LogP contribution in [-0.4, -0.2) is 25.2 Å². The summed E-state index contributed by atoms with van der Waals surface area (Å²) in [5.74, 6) is -0.0570. The van der Waals surface area contributed by atoms with Gasteiger partial charge in [-0.1, -0.05) is 0 Å². The van der Waals surface area contributed by atoms with E-state index in [1.54, 1.807) is 6.07 Å². The van der Waals surface area contributed by atoms with Gasteiger partial charge in [0.2, 0.25) is 0 Å². The summed E-state index contributed by atoms with van der Waals surface area (Å²) in [6, 6.07) is 8.25. The molecule has 0 unspecified atom stereocenters. The fourth-order valence-corrected chi connectivity index (χ4v) is 1.96. The number of aryl methyl sites for hydroxylation is 2. The minimum Gasteiger partial charge on any atom is -0.508 e. The van der Waals surface area contributed by atoms with Crippen LogP contribution in [0.25, 0.3) is 16.7 Å². The molecule has 2 N–H and O–H groups in total. The van der Waals surface area contributed by atoms with Crippen molar-refractivity contribution in [1.82, 2.24) is 15.0 Å². The second-order valence-electron chi connectivity index (χ2n) is 4.59. The number of hydrogen-bond donors (Lipinski definition) is 2. The smallest absolute Gasteiger partial charge is 0.146 e. The molecule has 0 aliphatic rings. The Bertz CT molecular complexity index is 739. The molecule has 0 aliphatic heterocycles. The lowest BCUT2D eigenvalue weighted by molar-refractivity contribution is 0.446. The van der Waals surface area contributed by atoms with Crippen LogP contribution >= 0.6 is 0 Å². The van der Waals surface area contributed by atoms with Crippen molar-refractivity contribution in [3.63, 3.8) is 0 Å². The first kappa shape index (κ1) is 11.5. The zero-order valence-corrected chi connectivity index (χ0v) is 10.6. The molecular weight excluding hydrogens is 242 g/mol. The summed E-state index contributed by atoms with van der Waals surface area (Å²) in [5, 5.41) is 27.8. The van der Waals surface area contributed by atoms with Crippen molar-refractivity contribution >= 4 is 11.0 Å². The third-order valence-corrected chi connectivity index (χ3v) is 3.17. The number of fused-ring (bicyclic) bond motifs is 1. The highest BCUT2D eigenvalue weighted by Gasteiger charge is 2.10. The fraction of sp³-hybridized carbons (Fsp3) is 0.143. The number of rotatable bonds is 1. The molecule has 0 spiro atoms. The van der Waals surface area contributed by atoms with Gasteiger partial charge in [0, 0.05) is 6.07 Å². The number of phenols is 2. The number of nitrogens with zero attached hydrogens (tertiary/aromatic N) is 3. The maximum absolute atomic E-state index is 9.82. The molecule has 0 radical (unpaired) electrons. The Kier molecular flexibility index (Phi) is 2.41. The second kappa shape index (κ2) is 3.98. The topological polar surface area (TPSA) is 71.2 Å². The molecule has 1 aromatic heterocycles. The molecule has 96 valence electrons. The Morgan fingerprint density at radius 3 is 2.00 bits per heavy atom. The first-order valence-electron chi connectivity index (χ1n) is 5.91. The van der Waals surface area contributed by atoms with Gasteiger partial charge >= 0.3 is 0 Å². The standard InChI is InChI=1S/C14H13N3O2/c1-8-5-11-12(6-9(8)2)16-17(15-11)13-4-3-10(18)7-14(13)19/h3-7,18-19H,1-2H3. The maximum atomic E-state index is 9.82. The third-order valence-electron chi connectivity index (χ3n) is 3.17. The molecule has 0 fully saturated rings. The highest BCUT2D eigenvalue weighted by molar-refractivity contribution is 5.76. The molecule has 19 heavy (non-hydrogen) atoms. The molecule has 0 aliphatic carbocycles. The van der Waals surface area contributed by atoms with Crippen LogP contribution in [0.1, 0.15) is 11.1 Å². The number of aromatic hydroxyl groups is 2. The highest BCUT2D eigenvalue weighted by atomic mass is 16.3. The summed E-state index contributed by atoms with van der Waals surface area (Å²) >= 11 is 0. The van der Waals surface area contributed by atoms with Crippen molar-refractivity contribution in [1.29, 1.82) is 0 Å². The second-order valence-corrected chi connectivity index (χ2v) is 4.59. The van der Waals surface area contributed by atoms with Gasteiger partial charge in [0.15, 0.2) is 0 Å². The van der Waals surface area contributed by atoms with Crippen LogP contribution in [0.3, 0.4) is 0 Å². The molecule has 3 rings (SSSR count). The zero-order chi connectivity index (χ0) is 13.6. The number of benzene rings is 2. The van der Waals surface area contributed by atoms with E-state index in [1.807, 2.05) is 26.0 Å². The number of phenolic OH excluding ortho intramolecular Hbond substituents is 2. The predicted molar refractivity (Wildman–Crippen MR) is 71.7 cm³/mol. The Morgan fingerprint density at radius 2 is 1.47 bits per heavy atom. The van der Waals surface area contributed by atoms with E-state index < -0.39 is 0 Å². The van der Waals surface area contributed by atoms with Crippen LogP contribution in [0.5, 0.6) is 11.5 Å². The fourth-order valence-electron chi connectivity index (χ4n) is 1.96. The van der Waals surface area contributed by atoms with E-state index in [-0.39, 0.29) is 11.5 Å². The molecule has 0 saturated carbocycles. The van der Waals surface area contributed by atoms with Gasteiger partial charge in [-0.2, -0.15) is 0 Å². The van der Waals surface area contributed by atoms with Crippen molar-refractivity contribution < 1.29 is 10.2 Å². The van der Waals surface area contributed by atoms with E-state index >= 15 is 0 Å². The molecule has 5 nitrogen and oxygen atoms in total. The van der Waals surface area contributed by atoms with Gasteiger partial charge in [-0.3, -0.25) is 0 Å². The number of hydrogen-bond acceptors (Lipinski definition) is 4.